The molecule has 1 aliphatic rings. The van der Waals surface area contributed by atoms with Gasteiger partial charge in [-0.15, -0.1) is 0 Å². The first kappa shape index (κ1) is 15.7. The third-order valence-electron chi connectivity index (χ3n) is 3.16. The maximum absolute atomic E-state index is 12.0. The van der Waals surface area contributed by atoms with Crippen molar-refractivity contribution in [3.8, 4) is 0 Å². The molecule has 0 spiro atoms. The first-order chi connectivity index (χ1) is 9.99. The highest BCUT2D eigenvalue weighted by molar-refractivity contribution is 7.89. The number of hydrogen-bond donors (Lipinski definition) is 2. The highest BCUT2D eigenvalue weighted by Crippen LogP contribution is 2.12. The predicted molar refractivity (Wildman–Crippen MR) is 78.1 cm³/mol. The SMILES string of the molecule is Nc1cccc(S(=O)(=O)NCCC(=O)N2CCOCC2)c1. The molecule has 0 aliphatic carbocycles. The zero-order valence-electron chi connectivity index (χ0n) is 11.6. The molecule has 1 amide bonds. The molecule has 8 heteroatoms. The van der Waals surface area contributed by atoms with Crippen LogP contribution >= 0.6 is 0 Å². The molecule has 0 unspecified atom stereocenters. The van der Waals surface area contributed by atoms with E-state index in [1.54, 1.807) is 17.0 Å². The highest BCUT2D eigenvalue weighted by atomic mass is 32.2. The molecule has 1 aromatic carbocycles. The number of anilines is 1. The number of amides is 1. The van der Waals surface area contributed by atoms with E-state index in [2.05, 4.69) is 4.72 Å². The summed E-state index contributed by atoms with van der Waals surface area (Å²) in [6.45, 7) is 2.23. The smallest absolute Gasteiger partial charge is 0.240 e. The fourth-order valence-corrected chi connectivity index (χ4v) is 3.11. The molecule has 1 aromatic rings. The molecule has 0 bridgehead atoms. The van der Waals surface area contributed by atoms with Crippen molar-refractivity contribution >= 4 is 21.6 Å². The first-order valence-electron chi connectivity index (χ1n) is 6.70. The number of nitrogens with one attached hydrogen (secondary N) is 1. The topological polar surface area (TPSA) is 102 Å². The number of morpholine rings is 1. The van der Waals surface area contributed by atoms with Gasteiger partial charge in [-0.3, -0.25) is 4.79 Å². The molecule has 21 heavy (non-hydrogen) atoms. The summed E-state index contributed by atoms with van der Waals surface area (Å²) in [6, 6.07) is 6.03. The van der Waals surface area contributed by atoms with Crippen LogP contribution in [0, 0.1) is 0 Å². The van der Waals surface area contributed by atoms with E-state index in [0.29, 0.717) is 32.0 Å². The van der Waals surface area contributed by atoms with Crippen LogP contribution in [0.25, 0.3) is 0 Å². The molecular weight excluding hydrogens is 294 g/mol. The lowest BCUT2D eigenvalue weighted by Gasteiger charge is -2.26. The number of sulfonamides is 1. The van der Waals surface area contributed by atoms with E-state index < -0.39 is 10.0 Å². The number of hydrogen-bond acceptors (Lipinski definition) is 5. The Morgan fingerprint density at radius 2 is 2.05 bits per heavy atom. The van der Waals surface area contributed by atoms with E-state index >= 15 is 0 Å². The molecule has 1 aliphatic heterocycles. The van der Waals surface area contributed by atoms with E-state index in [0.717, 1.165) is 0 Å². The molecule has 3 N–H and O–H groups in total. The van der Waals surface area contributed by atoms with Crippen LogP contribution in [-0.2, 0) is 19.6 Å². The molecule has 0 radical (unpaired) electrons. The lowest BCUT2D eigenvalue weighted by Crippen LogP contribution is -2.42. The van der Waals surface area contributed by atoms with Gasteiger partial charge in [0.25, 0.3) is 0 Å². The lowest BCUT2D eigenvalue weighted by atomic mass is 10.3. The third kappa shape index (κ3) is 4.42. The summed E-state index contributed by atoms with van der Waals surface area (Å²) in [5, 5.41) is 0. The molecule has 7 nitrogen and oxygen atoms in total. The van der Waals surface area contributed by atoms with Gasteiger partial charge in [-0.05, 0) is 18.2 Å². The Morgan fingerprint density at radius 1 is 1.33 bits per heavy atom. The second kappa shape index (κ2) is 6.88. The monoisotopic (exact) mass is 313 g/mol. The van der Waals surface area contributed by atoms with Crippen molar-refractivity contribution in [3.05, 3.63) is 24.3 Å². The van der Waals surface area contributed by atoms with Gasteiger partial charge in [0.1, 0.15) is 0 Å². The quantitative estimate of drug-likeness (QED) is 0.733. The van der Waals surface area contributed by atoms with Gasteiger partial charge in [0.15, 0.2) is 0 Å². The second-order valence-corrected chi connectivity index (χ2v) is 6.48. The summed E-state index contributed by atoms with van der Waals surface area (Å²) in [5.41, 5.74) is 5.94. The van der Waals surface area contributed by atoms with Crippen LogP contribution in [0.4, 0.5) is 5.69 Å². The van der Waals surface area contributed by atoms with Crippen molar-refractivity contribution in [2.24, 2.45) is 0 Å². The van der Waals surface area contributed by atoms with Gasteiger partial charge >= 0.3 is 0 Å². The normalized spacial score (nSPS) is 15.9. The van der Waals surface area contributed by atoms with Crippen molar-refractivity contribution in [2.45, 2.75) is 11.3 Å². The maximum atomic E-state index is 12.0. The van der Waals surface area contributed by atoms with Crippen LogP contribution in [0.15, 0.2) is 29.2 Å². The summed E-state index contributed by atoms with van der Waals surface area (Å²) >= 11 is 0. The lowest BCUT2D eigenvalue weighted by molar-refractivity contribution is -0.135. The Labute approximate surface area is 124 Å². The van der Waals surface area contributed by atoms with E-state index in [1.807, 2.05) is 0 Å². The molecule has 1 fully saturated rings. The van der Waals surface area contributed by atoms with Crippen LogP contribution in [0.5, 0.6) is 0 Å². The minimum Gasteiger partial charge on any atom is -0.399 e. The summed E-state index contributed by atoms with van der Waals surface area (Å²) in [7, 11) is -3.63. The Kier molecular flexibility index (Phi) is 5.16. The van der Waals surface area contributed by atoms with Crippen LogP contribution < -0.4 is 10.5 Å². The zero-order chi connectivity index (χ0) is 15.3. The van der Waals surface area contributed by atoms with Crippen molar-refractivity contribution in [1.82, 2.24) is 9.62 Å². The zero-order valence-corrected chi connectivity index (χ0v) is 12.4. The van der Waals surface area contributed by atoms with Gasteiger partial charge < -0.3 is 15.4 Å². The van der Waals surface area contributed by atoms with E-state index in [4.69, 9.17) is 10.5 Å². The minimum atomic E-state index is -3.63. The van der Waals surface area contributed by atoms with Crippen LogP contribution in [-0.4, -0.2) is 52.1 Å². The Balaban J connectivity index is 1.86. The van der Waals surface area contributed by atoms with Crippen molar-refractivity contribution in [1.29, 1.82) is 0 Å². The second-order valence-electron chi connectivity index (χ2n) is 4.71. The molecule has 2 rings (SSSR count). The minimum absolute atomic E-state index is 0.0628. The Bertz CT molecular complexity index is 597. The largest absolute Gasteiger partial charge is 0.399 e. The van der Waals surface area contributed by atoms with Gasteiger partial charge in [-0.25, -0.2) is 13.1 Å². The standard InChI is InChI=1S/C13H19N3O4S/c14-11-2-1-3-12(10-11)21(18,19)15-5-4-13(17)16-6-8-20-9-7-16/h1-3,10,15H,4-9,14H2. The fourth-order valence-electron chi connectivity index (χ4n) is 2.03. The molecule has 1 saturated heterocycles. The van der Waals surface area contributed by atoms with E-state index in [1.165, 1.54) is 12.1 Å². The van der Waals surface area contributed by atoms with Gasteiger partial charge in [0.2, 0.25) is 15.9 Å². The molecular formula is C13H19N3O4S. The molecule has 0 aromatic heterocycles. The average molecular weight is 313 g/mol. The van der Waals surface area contributed by atoms with Gasteiger partial charge in [-0.1, -0.05) is 6.07 Å². The third-order valence-corrected chi connectivity index (χ3v) is 4.62. The van der Waals surface area contributed by atoms with E-state index in [9.17, 15) is 13.2 Å². The molecule has 1 heterocycles. The number of carbonyl (C=O) groups excluding carboxylic acids is 1. The Hall–Kier alpha value is -1.64. The summed E-state index contributed by atoms with van der Waals surface area (Å²) in [4.78, 5) is 13.7. The molecule has 0 atom stereocenters. The number of rotatable bonds is 5. The van der Waals surface area contributed by atoms with Gasteiger partial charge in [0, 0.05) is 31.7 Å². The summed E-state index contributed by atoms with van der Waals surface area (Å²) in [6.07, 6.45) is 0.127. The van der Waals surface area contributed by atoms with Crippen LogP contribution in [0.2, 0.25) is 0 Å². The molecule has 0 saturated carbocycles. The predicted octanol–water partition coefficient (Wildman–Crippen LogP) is -0.204. The number of carbonyl (C=O) groups is 1. The van der Waals surface area contributed by atoms with E-state index in [-0.39, 0.29) is 23.8 Å². The molecule has 116 valence electrons. The number of ether oxygens (including phenoxy) is 1. The van der Waals surface area contributed by atoms with Crippen molar-refractivity contribution in [2.75, 3.05) is 38.6 Å². The average Bonchev–Trinajstić information content (AvgIpc) is 2.48. The van der Waals surface area contributed by atoms with Crippen molar-refractivity contribution in [3.63, 3.8) is 0 Å². The number of nitrogens with two attached hydrogens (primary N) is 1. The number of nitrogens with zero attached hydrogens (tertiary/aromatic N) is 1. The van der Waals surface area contributed by atoms with Gasteiger partial charge in [0.05, 0.1) is 18.1 Å². The summed E-state index contributed by atoms with van der Waals surface area (Å²) < 4.78 is 31.6. The van der Waals surface area contributed by atoms with Gasteiger partial charge in [-0.2, -0.15) is 0 Å². The fraction of sp³-hybridized carbons (Fsp3) is 0.462. The Morgan fingerprint density at radius 3 is 2.71 bits per heavy atom. The number of benzene rings is 1. The first-order valence-corrected chi connectivity index (χ1v) is 8.18. The summed E-state index contributed by atoms with van der Waals surface area (Å²) in [5.74, 6) is -0.0754. The maximum Gasteiger partial charge on any atom is 0.240 e. The van der Waals surface area contributed by atoms with Crippen LogP contribution in [0.3, 0.4) is 0 Å². The number of nitrogen functional groups attached to an aromatic ring is 1. The highest BCUT2D eigenvalue weighted by Gasteiger charge is 2.18. The van der Waals surface area contributed by atoms with Crippen LogP contribution in [0.1, 0.15) is 6.42 Å². The van der Waals surface area contributed by atoms with Crippen molar-refractivity contribution < 1.29 is 17.9 Å².